The van der Waals surface area contributed by atoms with Crippen molar-refractivity contribution in [3.05, 3.63) is 34.9 Å². The molecule has 1 aromatic carbocycles. The summed E-state index contributed by atoms with van der Waals surface area (Å²) in [5.74, 6) is -0.741. The molecule has 0 unspecified atom stereocenters. The van der Waals surface area contributed by atoms with E-state index in [9.17, 15) is 4.79 Å². The maximum absolute atomic E-state index is 10.9. The molecule has 0 amide bonds. The van der Waals surface area contributed by atoms with E-state index in [4.69, 9.17) is 21.4 Å². The van der Waals surface area contributed by atoms with Crippen molar-refractivity contribution in [2.75, 3.05) is 6.61 Å². The van der Waals surface area contributed by atoms with Crippen molar-refractivity contribution < 1.29 is 14.6 Å². The zero-order valence-corrected chi connectivity index (χ0v) is 12.2. The summed E-state index contributed by atoms with van der Waals surface area (Å²) in [6.07, 6.45) is 2.41. The average Bonchev–Trinajstić information content (AvgIpc) is 2.35. The van der Waals surface area contributed by atoms with Gasteiger partial charge in [-0.15, -0.1) is 0 Å². The van der Waals surface area contributed by atoms with Gasteiger partial charge in [0.25, 0.3) is 0 Å². The van der Waals surface area contributed by atoms with Crippen LogP contribution in [0, 0.1) is 5.41 Å². The molecule has 1 N–H and O–H groups in total. The van der Waals surface area contributed by atoms with Gasteiger partial charge in [0.15, 0.2) is 0 Å². The fourth-order valence-corrected chi connectivity index (χ4v) is 1.77. The standard InChI is InChI=1S/C15H21ClO3/c1-15(2,14(17)18)9-3-4-10-19-11-12-5-7-13(16)8-6-12/h5-8H,3-4,9-11H2,1-2H3,(H,17,18). The fourth-order valence-electron chi connectivity index (χ4n) is 1.65. The normalized spacial score (nSPS) is 11.5. The first-order valence-electron chi connectivity index (χ1n) is 6.47. The largest absolute Gasteiger partial charge is 0.481 e. The van der Waals surface area contributed by atoms with Gasteiger partial charge < -0.3 is 9.84 Å². The smallest absolute Gasteiger partial charge is 0.309 e. The fraction of sp³-hybridized carbons (Fsp3) is 0.533. The van der Waals surface area contributed by atoms with Crippen molar-refractivity contribution in [1.29, 1.82) is 0 Å². The second-order valence-electron chi connectivity index (χ2n) is 5.33. The van der Waals surface area contributed by atoms with E-state index in [1.807, 2.05) is 24.3 Å². The lowest BCUT2D eigenvalue weighted by Gasteiger charge is -2.18. The molecule has 1 rings (SSSR count). The zero-order chi connectivity index (χ0) is 14.3. The zero-order valence-electron chi connectivity index (χ0n) is 11.5. The molecule has 0 aliphatic heterocycles. The lowest BCUT2D eigenvalue weighted by atomic mass is 9.87. The summed E-state index contributed by atoms with van der Waals surface area (Å²) in [5, 5.41) is 9.69. The van der Waals surface area contributed by atoms with Gasteiger partial charge in [0.2, 0.25) is 0 Å². The minimum atomic E-state index is -0.741. The molecule has 0 aromatic heterocycles. The van der Waals surface area contributed by atoms with Gasteiger partial charge >= 0.3 is 5.97 Å². The number of benzene rings is 1. The van der Waals surface area contributed by atoms with Crippen LogP contribution in [-0.2, 0) is 16.1 Å². The summed E-state index contributed by atoms with van der Waals surface area (Å²) < 4.78 is 5.54. The van der Waals surface area contributed by atoms with E-state index in [0.29, 0.717) is 19.6 Å². The molecular formula is C15H21ClO3. The van der Waals surface area contributed by atoms with Gasteiger partial charge in [-0.25, -0.2) is 0 Å². The summed E-state index contributed by atoms with van der Waals surface area (Å²) in [6.45, 7) is 4.73. The van der Waals surface area contributed by atoms with Crippen LogP contribution >= 0.6 is 11.6 Å². The van der Waals surface area contributed by atoms with Gasteiger partial charge in [0.05, 0.1) is 12.0 Å². The van der Waals surface area contributed by atoms with Crippen molar-refractivity contribution in [3.8, 4) is 0 Å². The second-order valence-corrected chi connectivity index (χ2v) is 5.76. The summed E-state index contributed by atoms with van der Waals surface area (Å²) in [6, 6.07) is 7.57. The minimum Gasteiger partial charge on any atom is -0.481 e. The lowest BCUT2D eigenvalue weighted by Crippen LogP contribution is -2.23. The Morgan fingerprint density at radius 1 is 1.26 bits per heavy atom. The Balaban J connectivity index is 2.12. The van der Waals surface area contributed by atoms with E-state index in [2.05, 4.69) is 0 Å². The van der Waals surface area contributed by atoms with E-state index in [1.165, 1.54) is 0 Å². The average molecular weight is 285 g/mol. The molecule has 0 radical (unpaired) electrons. The Bertz CT molecular complexity index is 398. The number of rotatable bonds is 8. The van der Waals surface area contributed by atoms with Gasteiger partial charge in [0, 0.05) is 11.6 Å². The molecule has 106 valence electrons. The van der Waals surface area contributed by atoms with Gasteiger partial charge in [-0.1, -0.05) is 30.2 Å². The molecule has 4 heteroatoms. The Hall–Kier alpha value is -1.06. The molecule has 0 spiro atoms. The van der Waals surface area contributed by atoms with Gasteiger partial charge in [-0.2, -0.15) is 0 Å². The number of hydrogen-bond donors (Lipinski definition) is 1. The molecule has 0 atom stereocenters. The maximum Gasteiger partial charge on any atom is 0.309 e. The topological polar surface area (TPSA) is 46.5 Å². The van der Waals surface area contributed by atoms with Crippen molar-refractivity contribution in [3.63, 3.8) is 0 Å². The highest BCUT2D eigenvalue weighted by Gasteiger charge is 2.25. The number of aliphatic carboxylic acids is 1. The molecule has 0 heterocycles. The Kier molecular flexibility index (Phi) is 6.32. The lowest BCUT2D eigenvalue weighted by molar-refractivity contribution is -0.147. The predicted molar refractivity (Wildman–Crippen MR) is 76.4 cm³/mol. The van der Waals surface area contributed by atoms with Crippen molar-refractivity contribution in [2.45, 2.75) is 39.7 Å². The minimum absolute atomic E-state index is 0.569. The number of carboxylic acid groups (broad SMARTS) is 1. The molecule has 0 bridgehead atoms. The number of ether oxygens (including phenoxy) is 1. The van der Waals surface area contributed by atoms with E-state index in [0.717, 1.165) is 23.4 Å². The van der Waals surface area contributed by atoms with Crippen LogP contribution in [0.15, 0.2) is 24.3 Å². The highest BCUT2D eigenvalue weighted by atomic mass is 35.5. The quantitative estimate of drug-likeness (QED) is 0.730. The van der Waals surface area contributed by atoms with Crippen LogP contribution in [0.5, 0.6) is 0 Å². The maximum atomic E-state index is 10.9. The number of halogens is 1. The summed E-state index contributed by atoms with van der Waals surface area (Å²) >= 11 is 5.79. The first-order chi connectivity index (χ1) is 8.92. The van der Waals surface area contributed by atoms with Crippen molar-refractivity contribution in [1.82, 2.24) is 0 Å². The van der Waals surface area contributed by atoms with Gasteiger partial charge in [-0.05, 0) is 44.4 Å². The van der Waals surface area contributed by atoms with Crippen LogP contribution in [-0.4, -0.2) is 17.7 Å². The van der Waals surface area contributed by atoms with E-state index in [-0.39, 0.29) is 0 Å². The molecule has 0 fully saturated rings. The van der Waals surface area contributed by atoms with Crippen LogP contribution in [0.2, 0.25) is 5.02 Å². The van der Waals surface area contributed by atoms with Crippen LogP contribution in [0.25, 0.3) is 0 Å². The van der Waals surface area contributed by atoms with Crippen LogP contribution in [0.1, 0.15) is 38.7 Å². The third-order valence-electron chi connectivity index (χ3n) is 3.10. The molecule has 0 saturated heterocycles. The van der Waals surface area contributed by atoms with Crippen LogP contribution < -0.4 is 0 Å². The Morgan fingerprint density at radius 2 is 1.89 bits per heavy atom. The van der Waals surface area contributed by atoms with Crippen LogP contribution in [0.3, 0.4) is 0 Å². The van der Waals surface area contributed by atoms with E-state index >= 15 is 0 Å². The van der Waals surface area contributed by atoms with Crippen molar-refractivity contribution >= 4 is 17.6 Å². The first-order valence-corrected chi connectivity index (χ1v) is 6.85. The van der Waals surface area contributed by atoms with Crippen molar-refractivity contribution in [2.24, 2.45) is 5.41 Å². The molecule has 19 heavy (non-hydrogen) atoms. The molecule has 3 nitrogen and oxygen atoms in total. The van der Waals surface area contributed by atoms with Gasteiger partial charge in [-0.3, -0.25) is 4.79 Å². The number of unbranched alkanes of at least 4 members (excludes halogenated alkanes) is 1. The van der Waals surface area contributed by atoms with Gasteiger partial charge in [0.1, 0.15) is 0 Å². The molecule has 0 aliphatic carbocycles. The molecular weight excluding hydrogens is 264 g/mol. The Labute approximate surface area is 119 Å². The monoisotopic (exact) mass is 284 g/mol. The highest BCUT2D eigenvalue weighted by molar-refractivity contribution is 6.30. The predicted octanol–water partition coefficient (Wildman–Crippen LogP) is 4.14. The van der Waals surface area contributed by atoms with E-state index in [1.54, 1.807) is 13.8 Å². The summed E-state index contributed by atoms with van der Waals surface area (Å²) in [7, 11) is 0. The first kappa shape index (κ1) is 16.0. The van der Waals surface area contributed by atoms with E-state index < -0.39 is 11.4 Å². The Morgan fingerprint density at radius 3 is 2.47 bits per heavy atom. The third kappa shape index (κ3) is 6.08. The molecule has 0 saturated carbocycles. The molecule has 1 aromatic rings. The third-order valence-corrected chi connectivity index (χ3v) is 3.35. The number of hydrogen-bond acceptors (Lipinski definition) is 2. The highest BCUT2D eigenvalue weighted by Crippen LogP contribution is 2.23. The second kappa shape index (κ2) is 7.51. The number of carbonyl (C=O) groups is 1. The summed E-state index contributed by atoms with van der Waals surface area (Å²) in [5.41, 5.74) is 0.450. The molecule has 0 aliphatic rings. The SMILES string of the molecule is CC(C)(CCCCOCc1ccc(Cl)cc1)C(=O)O. The summed E-state index contributed by atoms with van der Waals surface area (Å²) in [4.78, 5) is 10.9. The van der Waals surface area contributed by atoms with Crippen LogP contribution in [0.4, 0.5) is 0 Å². The number of carboxylic acids is 1.